The first-order chi connectivity index (χ1) is 8.93. The van der Waals surface area contributed by atoms with Crippen molar-refractivity contribution in [2.24, 2.45) is 0 Å². The number of benzene rings is 1. The average Bonchev–Trinajstić information content (AvgIpc) is 3.00. The predicted octanol–water partition coefficient (Wildman–Crippen LogP) is 2.15. The van der Waals surface area contributed by atoms with Crippen LogP contribution in [0.5, 0.6) is 0 Å². The molecule has 0 saturated heterocycles. The third-order valence-corrected chi connectivity index (χ3v) is 4.08. The fourth-order valence-electron chi connectivity index (χ4n) is 3.24. The molecule has 2 aromatic rings. The van der Waals surface area contributed by atoms with Gasteiger partial charge in [0.2, 0.25) is 0 Å². The lowest BCUT2D eigenvalue weighted by Crippen LogP contribution is -2.27. The van der Waals surface area contributed by atoms with E-state index in [0.717, 1.165) is 19.6 Å². The van der Waals surface area contributed by atoms with Gasteiger partial charge in [0, 0.05) is 49.3 Å². The molecule has 0 aliphatic carbocycles. The Kier molecular flexibility index (Phi) is 2.20. The summed E-state index contributed by atoms with van der Waals surface area (Å²) in [5.41, 5.74) is 7.09. The second-order valence-electron chi connectivity index (χ2n) is 5.10. The number of anilines is 1. The third kappa shape index (κ3) is 1.40. The van der Waals surface area contributed by atoms with Crippen molar-refractivity contribution < 1.29 is 0 Å². The summed E-state index contributed by atoms with van der Waals surface area (Å²) in [7, 11) is 0. The van der Waals surface area contributed by atoms with Crippen LogP contribution in [0.3, 0.4) is 0 Å². The molecule has 0 saturated carbocycles. The molecule has 2 N–H and O–H groups in total. The molecular weight excluding hydrogens is 222 g/mol. The predicted molar refractivity (Wildman–Crippen MR) is 73.9 cm³/mol. The lowest BCUT2D eigenvalue weighted by molar-refractivity contribution is 0.692. The van der Waals surface area contributed by atoms with Crippen LogP contribution in [0.4, 0.5) is 5.69 Å². The molecule has 92 valence electrons. The number of hydrogen-bond donors (Lipinski definition) is 2. The van der Waals surface area contributed by atoms with Crippen LogP contribution >= 0.6 is 0 Å². The summed E-state index contributed by atoms with van der Waals surface area (Å²) in [5, 5.41) is 3.50. The first kappa shape index (κ1) is 10.2. The van der Waals surface area contributed by atoms with Crippen LogP contribution in [0.1, 0.15) is 11.1 Å². The molecular formula is C15H17N3. The van der Waals surface area contributed by atoms with E-state index < -0.39 is 0 Å². The summed E-state index contributed by atoms with van der Waals surface area (Å²) >= 11 is 0. The third-order valence-electron chi connectivity index (χ3n) is 4.08. The summed E-state index contributed by atoms with van der Waals surface area (Å²) in [6.45, 7) is 4.39. The van der Waals surface area contributed by atoms with Crippen LogP contribution in [-0.2, 0) is 13.0 Å². The molecule has 0 fully saturated rings. The number of hydrogen-bond acceptors (Lipinski definition) is 2. The molecule has 3 nitrogen and oxygen atoms in total. The number of rotatable bonds is 1. The van der Waals surface area contributed by atoms with Gasteiger partial charge in [-0.05, 0) is 29.7 Å². The van der Waals surface area contributed by atoms with Gasteiger partial charge in [-0.3, -0.25) is 0 Å². The van der Waals surface area contributed by atoms with Crippen LogP contribution < -0.4 is 10.2 Å². The lowest BCUT2D eigenvalue weighted by atomic mass is 9.98. The molecule has 18 heavy (non-hydrogen) atoms. The van der Waals surface area contributed by atoms with Gasteiger partial charge in [0.15, 0.2) is 0 Å². The Hall–Kier alpha value is -1.74. The van der Waals surface area contributed by atoms with E-state index in [1.165, 1.54) is 41.0 Å². The molecule has 2 aliphatic rings. The summed E-state index contributed by atoms with van der Waals surface area (Å²) < 4.78 is 0. The summed E-state index contributed by atoms with van der Waals surface area (Å²) in [4.78, 5) is 5.87. The minimum absolute atomic E-state index is 1.00. The second kappa shape index (κ2) is 3.89. The first-order valence-electron chi connectivity index (χ1n) is 6.67. The van der Waals surface area contributed by atoms with Gasteiger partial charge < -0.3 is 15.2 Å². The highest BCUT2D eigenvalue weighted by Gasteiger charge is 2.26. The van der Waals surface area contributed by atoms with Crippen molar-refractivity contribution >= 4 is 5.69 Å². The zero-order valence-electron chi connectivity index (χ0n) is 10.4. The molecule has 0 unspecified atom stereocenters. The van der Waals surface area contributed by atoms with Crippen molar-refractivity contribution in [2.45, 2.75) is 13.0 Å². The van der Waals surface area contributed by atoms with Gasteiger partial charge in [0.1, 0.15) is 0 Å². The highest BCUT2D eigenvalue weighted by Crippen LogP contribution is 2.38. The van der Waals surface area contributed by atoms with Gasteiger partial charge >= 0.3 is 0 Å². The van der Waals surface area contributed by atoms with Crippen LogP contribution in [0, 0.1) is 0 Å². The van der Waals surface area contributed by atoms with Gasteiger partial charge in [-0.1, -0.05) is 12.1 Å². The minimum atomic E-state index is 1.00. The molecule has 3 heteroatoms. The number of aromatic amines is 1. The Bertz CT molecular complexity index is 572. The summed E-state index contributed by atoms with van der Waals surface area (Å²) in [6, 6.07) is 8.79. The van der Waals surface area contributed by atoms with Crippen LogP contribution in [0.25, 0.3) is 11.3 Å². The van der Waals surface area contributed by atoms with Crippen molar-refractivity contribution in [3.63, 3.8) is 0 Å². The number of aromatic nitrogens is 1. The van der Waals surface area contributed by atoms with Crippen LogP contribution in [-0.4, -0.2) is 24.6 Å². The van der Waals surface area contributed by atoms with E-state index in [1.807, 2.05) is 6.20 Å². The first-order valence-corrected chi connectivity index (χ1v) is 6.67. The fourth-order valence-corrected chi connectivity index (χ4v) is 3.24. The molecule has 2 aliphatic heterocycles. The zero-order chi connectivity index (χ0) is 11.9. The van der Waals surface area contributed by atoms with Crippen molar-refractivity contribution in [3.8, 4) is 11.3 Å². The summed E-state index contributed by atoms with van der Waals surface area (Å²) in [6.07, 6.45) is 3.18. The van der Waals surface area contributed by atoms with Crippen molar-refractivity contribution in [2.75, 3.05) is 24.5 Å². The quantitative estimate of drug-likeness (QED) is 0.799. The van der Waals surface area contributed by atoms with E-state index in [-0.39, 0.29) is 0 Å². The van der Waals surface area contributed by atoms with Crippen LogP contribution in [0.15, 0.2) is 30.5 Å². The van der Waals surface area contributed by atoms with Crippen molar-refractivity contribution in [1.29, 1.82) is 0 Å². The second-order valence-corrected chi connectivity index (χ2v) is 5.10. The monoisotopic (exact) mass is 239 g/mol. The molecule has 4 rings (SSSR count). The van der Waals surface area contributed by atoms with Gasteiger partial charge in [0.05, 0.1) is 0 Å². The molecule has 0 amide bonds. The topological polar surface area (TPSA) is 31.1 Å². The standard InChI is InChI=1S/C15H17N3/c1-2-14(17-6-1)12-4-3-11-10-16-7-9-18-8-5-13(12)15(11)18/h1-4,6,16-17H,5,7-10H2. The van der Waals surface area contributed by atoms with E-state index >= 15 is 0 Å². The molecule has 0 atom stereocenters. The van der Waals surface area contributed by atoms with Crippen molar-refractivity contribution in [1.82, 2.24) is 10.3 Å². The SMILES string of the molecule is c1c[nH]c(-c2ccc3c4c2CCN4CCNC3)c1. The van der Waals surface area contributed by atoms with E-state index in [2.05, 4.69) is 39.5 Å². The number of H-pyrrole nitrogens is 1. The maximum Gasteiger partial charge on any atom is 0.0457 e. The Labute approximate surface area is 107 Å². The van der Waals surface area contributed by atoms with E-state index in [0.29, 0.717) is 0 Å². The molecule has 0 spiro atoms. The lowest BCUT2D eigenvalue weighted by Gasteiger charge is -2.19. The Morgan fingerprint density at radius 1 is 1.11 bits per heavy atom. The largest absolute Gasteiger partial charge is 0.369 e. The molecule has 0 bridgehead atoms. The maximum atomic E-state index is 3.50. The Morgan fingerprint density at radius 3 is 3.00 bits per heavy atom. The minimum Gasteiger partial charge on any atom is -0.369 e. The normalized spacial score (nSPS) is 17.7. The van der Waals surface area contributed by atoms with E-state index in [4.69, 9.17) is 0 Å². The van der Waals surface area contributed by atoms with Crippen LogP contribution in [0.2, 0.25) is 0 Å². The Balaban J connectivity index is 1.92. The smallest absolute Gasteiger partial charge is 0.0457 e. The number of nitrogens with zero attached hydrogens (tertiary/aromatic N) is 1. The highest BCUT2D eigenvalue weighted by atomic mass is 15.2. The van der Waals surface area contributed by atoms with Gasteiger partial charge in [-0.25, -0.2) is 0 Å². The molecule has 1 aromatic heterocycles. The fraction of sp³-hybridized carbons (Fsp3) is 0.333. The Morgan fingerprint density at radius 2 is 2.11 bits per heavy atom. The molecule has 1 aromatic carbocycles. The highest BCUT2D eigenvalue weighted by molar-refractivity contribution is 5.77. The average molecular weight is 239 g/mol. The van der Waals surface area contributed by atoms with E-state index in [1.54, 1.807) is 0 Å². The van der Waals surface area contributed by atoms with Gasteiger partial charge in [-0.2, -0.15) is 0 Å². The number of nitrogens with one attached hydrogen (secondary N) is 2. The maximum absolute atomic E-state index is 3.50. The zero-order valence-corrected chi connectivity index (χ0v) is 10.4. The molecule has 0 radical (unpaired) electrons. The van der Waals surface area contributed by atoms with E-state index in [9.17, 15) is 0 Å². The van der Waals surface area contributed by atoms with Crippen molar-refractivity contribution in [3.05, 3.63) is 41.6 Å². The summed E-state index contributed by atoms with van der Waals surface area (Å²) in [5.74, 6) is 0. The van der Waals surface area contributed by atoms with Gasteiger partial charge in [-0.15, -0.1) is 0 Å². The molecule has 3 heterocycles. The van der Waals surface area contributed by atoms with Gasteiger partial charge in [0.25, 0.3) is 0 Å².